The van der Waals surface area contributed by atoms with Crippen LogP contribution in [-0.2, 0) is 0 Å². The van der Waals surface area contributed by atoms with Crippen LogP contribution in [0.15, 0.2) is 11.4 Å². The first-order valence-corrected chi connectivity index (χ1v) is 7.48. The Morgan fingerprint density at radius 3 is 3.06 bits per heavy atom. The van der Waals surface area contributed by atoms with E-state index in [0.29, 0.717) is 21.4 Å². The smallest absolute Gasteiger partial charge is 0.267 e. The predicted octanol–water partition coefficient (Wildman–Crippen LogP) is 3.00. The van der Waals surface area contributed by atoms with Gasteiger partial charge in [-0.25, -0.2) is 0 Å². The first kappa shape index (κ1) is 12.9. The van der Waals surface area contributed by atoms with Crippen LogP contribution in [0.3, 0.4) is 0 Å². The molecule has 1 aliphatic heterocycles. The van der Waals surface area contributed by atoms with Crippen LogP contribution in [0.1, 0.15) is 23.0 Å². The lowest BCUT2D eigenvalue weighted by Gasteiger charge is -2.34. The minimum atomic E-state index is 0.100. The van der Waals surface area contributed by atoms with Crippen molar-refractivity contribution in [3.63, 3.8) is 0 Å². The molecule has 1 aromatic heterocycles. The molecule has 17 heavy (non-hydrogen) atoms. The molecule has 1 aromatic rings. The Balaban J connectivity index is 2.10. The molecular formula is C12H16BrNO2S. The number of carbonyl (C=O) groups excluding carboxylic acids is 1. The van der Waals surface area contributed by atoms with Gasteiger partial charge in [0.1, 0.15) is 10.6 Å². The van der Waals surface area contributed by atoms with Gasteiger partial charge < -0.3 is 9.64 Å². The Morgan fingerprint density at radius 2 is 2.41 bits per heavy atom. The number of likely N-dealkylation sites (tertiary alicyclic amines) is 1. The van der Waals surface area contributed by atoms with Crippen molar-refractivity contribution in [2.24, 2.45) is 5.92 Å². The van der Waals surface area contributed by atoms with Gasteiger partial charge in [0.05, 0.1) is 7.11 Å². The lowest BCUT2D eigenvalue weighted by molar-refractivity contribution is 0.0692. The molecule has 3 nitrogen and oxygen atoms in total. The van der Waals surface area contributed by atoms with Crippen molar-refractivity contribution in [1.29, 1.82) is 0 Å². The fourth-order valence-electron chi connectivity index (χ4n) is 2.06. The quantitative estimate of drug-likeness (QED) is 0.785. The second-order valence-electron chi connectivity index (χ2n) is 4.35. The molecule has 1 saturated heterocycles. The number of methoxy groups -OCH3 is 1. The van der Waals surface area contributed by atoms with Gasteiger partial charge in [-0.05, 0) is 23.8 Å². The molecule has 94 valence electrons. The summed E-state index contributed by atoms with van der Waals surface area (Å²) in [7, 11) is 1.60. The Labute approximate surface area is 114 Å². The number of halogens is 1. The third-order valence-electron chi connectivity index (χ3n) is 3.13. The average Bonchev–Trinajstić information content (AvgIpc) is 2.80. The average molecular weight is 318 g/mol. The third-order valence-corrected chi connectivity index (χ3v) is 5.38. The molecule has 1 amide bonds. The monoisotopic (exact) mass is 317 g/mol. The van der Waals surface area contributed by atoms with E-state index in [1.807, 2.05) is 16.3 Å². The van der Waals surface area contributed by atoms with Gasteiger partial charge in [-0.3, -0.25) is 4.79 Å². The summed E-state index contributed by atoms with van der Waals surface area (Å²) >= 11 is 5.10. The Hall–Kier alpha value is -0.550. The Morgan fingerprint density at radius 1 is 1.65 bits per heavy atom. The SMILES string of the molecule is COc1ccsc1C(=O)N1CCC(Br)C(C)C1. The maximum atomic E-state index is 12.3. The van der Waals surface area contributed by atoms with E-state index in [4.69, 9.17) is 4.74 Å². The molecule has 5 heteroatoms. The molecule has 2 heterocycles. The normalized spacial score (nSPS) is 24.8. The zero-order chi connectivity index (χ0) is 12.4. The van der Waals surface area contributed by atoms with Crippen molar-refractivity contribution in [3.05, 3.63) is 16.3 Å². The highest BCUT2D eigenvalue weighted by molar-refractivity contribution is 9.09. The van der Waals surface area contributed by atoms with Crippen LogP contribution in [0, 0.1) is 5.92 Å². The van der Waals surface area contributed by atoms with Crippen molar-refractivity contribution in [2.45, 2.75) is 18.2 Å². The van der Waals surface area contributed by atoms with Gasteiger partial charge in [0.2, 0.25) is 0 Å². The number of ether oxygens (including phenoxy) is 1. The fraction of sp³-hybridized carbons (Fsp3) is 0.583. The van der Waals surface area contributed by atoms with Gasteiger partial charge in [0.25, 0.3) is 5.91 Å². The van der Waals surface area contributed by atoms with E-state index in [0.717, 1.165) is 19.5 Å². The van der Waals surface area contributed by atoms with Crippen molar-refractivity contribution < 1.29 is 9.53 Å². The molecule has 2 unspecified atom stereocenters. The summed E-state index contributed by atoms with van der Waals surface area (Å²) in [6, 6.07) is 1.85. The number of piperidine rings is 1. The fourth-order valence-corrected chi connectivity index (χ4v) is 3.26. The minimum absolute atomic E-state index is 0.100. The van der Waals surface area contributed by atoms with E-state index in [1.165, 1.54) is 11.3 Å². The van der Waals surface area contributed by atoms with Gasteiger partial charge in [-0.2, -0.15) is 0 Å². The molecule has 0 radical (unpaired) electrons. The summed E-state index contributed by atoms with van der Waals surface area (Å²) in [6.45, 7) is 3.81. The van der Waals surface area contributed by atoms with Gasteiger partial charge in [0, 0.05) is 17.9 Å². The predicted molar refractivity (Wildman–Crippen MR) is 73.3 cm³/mol. The first-order chi connectivity index (χ1) is 8.13. The van der Waals surface area contributed by atoms with E-state index < -0.39 is 0 Å². The highest BCUT2D eigenvalue weighted by Crippen LogP contribution is 2.29. The molecule has 2 rings (SSSR count). The maximum Gasteiger partial charge on any atom is 0.267 e. The Kier molecular flexibility index (Phi) is 4.09. The van der Waals surface area contributed by atoms with Crippen LogP contribution in [0.5, 0.6) is 5.75 Å². The highest BCUT2D eigenvalue weighted by atomic mass is 79.9. The van der Waals surface area contributed by atoms with Crippen molar-refractivity contribution in [3.8, 4) is 5.75 Å². The topological polar surface area (TPSA) is 29.5 Å². The van der Waals surface area contributed by atoms with Crippen LogP contribution < -0.4 is 4.74 Å². The third kappa shape index (κ3) is 2.65. The van der Waals surface area contributed by atoms with Crippen molar-refractivity contribution in [1.82, 2.24) is 4.90 Å². The second kappa shape index (κ2) is 5.40. The standard InChI is InChI=1S/C12H16BrNO2S/c1-8-7-14(5-3-9(8)13)12(15)11-10(16-2)4-6-17-11/h4,6,8-9H,3,5,7H2,1-2H3. The van der Waals surface area contributed by atoms with Crippen LogP contribution in [0.2, 0.25) is 0 Å². The second-order valence-corrected chi connectivity index (χ2v) is 6.44. The van der Waals surface area contributed by atoms with Crippen molar-refractivity contribution in [2.75, 3.05) is 20.2 Å². The van der Waals surface area contributed by atoms with Crippen LogP contribution in [-0.4, -0.2) is 35.8 Å². The molecule has 0 saturated carbocycles. The molecule has 0 aliphatic carbocycles. The molecule has 0 aromatic carbocycles. The maximum absolute atomic E-state index is 12.3. The van der Waals surface area contributed by atoms with E-state index in [2.05, 4.69) is 22.9 Å². The van der Waals surface area contributed by atoms with E-state index in [9.17, 15) is 4.79 Å². The van der Waals surface area contributed by atoms with E-state index in [-0.39, 0.29) is 5.91 Å². The first-order valence-electron chi connectivity index (χ1n) is 5.68. The van der Waals surface area contributed by atoms with Gasteiger partial charge in [0.15, 0.2) is 0 Å². The summed E-state index contributed by atoms with van der Waals surface area (Å²) in [4.78, 5) is 15.5. The van der Waals surface area contributed by atoms with Crippen LogP contribution in [0.25, 0.3) is 0 Å². The molecule has 0 N–H and O–H groups in total. The zero-order valence-electron chi connectivity index (χ0n) is 9.98. The molecule has 0 spiro atoms. The van der Waals surface area contributed by atoms with Gasteiger partial charge in [-0.15, -0.1) is 11.3 Å². The summed E-state index contributed by atoms with van der Waals surface area (Å²) in [6.07, 6.45) is 1.01. The van der Waals surface area contributed by atoms with E-state index in [1.54, 1.807) is 7.11 Å². The van der Waals surface area contributed by atoms with Crippen LogP contribution >= 0.6 is 27.3 Å². The largest absolute Gasteiger partial charge is 0.495 e. The summed E-state index contributed by atoms with van der Waals surface area (Å²) in [5.74, 6) is 1.29. The molecule has 0 bridgehead atoms. The number of amides is 1. The number of carbonyl (C=O) groups is 1. The van der Waals surface area contributed by atoms with Crippen LogP contribution in [0.4, 0.5) is 0 Å². The summed E-state index contributed by atoms with van der Waals surface area (Å²) < 4.78 is 5.20. The molecule has 1 fully saturated rings. The van der Waals surface area contributed by atoms with Gasteiger partial charge >= 0.3 is 0 Å². The number of rotatable bonds is 2. The lowest BCUT2D eigenvalue weighted by atomic mass is 10.00. The summed E-state index contributed by atoms with van der Waals surface area (Å²) in [5, 5.41) is 1.90. The summed E-state index contributed by atoms with van der Waals surface area (Å²) in [5.41, 5.74) is 0. The van der Waals surface area contributed by atoms with E-state index >= 15 is 0 Å². The Bertz CT molecular complexity index is 407. The lowest BCUT2D eigenvalue weighted by Crippen LogP contribution is -2.43. The van der Waals surface area contributed by atoms with Crippen molar-refractivity contribution >= 4 is 33.2 Å². The molecule has 2 atom stereocenters. The number of nitrogens with zero attached hydrogens (tertiary/aromatic N) is 1. The molecular weight excluding hydrogens is 302 g/mol. The molecule has 1 aliphatic rings. The number of hydrogen-bond acceptors (Lipinski definition) is 3. The zero-order valence-corrected chi connectivity index (χ0v) is 12.4. The number of hydrogen-bond donors (Lipinski definition) is 0. The number of thiophene rings is 1. The van der Waals surface area contributed by atoms with Gasteiger partial charge in [-0.1, -0.05) is 22.9 Å². The highest BCUT2D eigenvalue weighted by Gasteiger charge is 2.29. The number of alkyl halides is 1. The minimum Gasteiger partial charge on any atom is -0.495 e.